The van der Waals surface area contributed by atoms with Crippen molar-refractivity contribution in [1.29, 1.82) is 0 Å². The van der Waals surface area contributed by atoms with Crippen molar-refractivity contribution in [2.24, 2.45) is 0 Å². The SMILES string of the molecule is CCCCCCCC#CC(F)(F)F. The molecule has 13 heavy (non-hydrogen) atoms. The number of hydrogen-bond acceptors (Lipinski definition) is 0. The Morgan fingerprint density at radius 3 is 2.15 bits per heavy atom. The molecule has 0 amide bonds. The fourth-order valence-corrected chi connectivity index (χ4v) is 0.980. The van der Waals surface area contributed by atoms with Crippen LogP contribution in [0.2, 0.25) is 0 Å². The molecule has 0 bridgehead atoms. The van der Waals surface area contributed by atoms with E-state index in [1.807, 2.05) is 0 Å². The van der Waals surface area contributed by atoms with Gasteiger partial charge in [0.15, 0.2) is 0 Å². The van der Waals surface area contributed by atoms with E-state index in [1.165, 1.54) is 5.92 Å². The number of unbranched alkanes of at least 4 members (excludes halogenated alkanes) is 5. The highest BCUT2D eigenvalue weighted by Gasteiger charge is 2.22. The summed E-state index contributed by atoms with van der Waals surface area (Å²) >= 11 is 0. The zero-order valence-electron chi connectivity index (χ0n) is 7.88. The number of hydrogen-bond donors (Lipinski definition) is 0. The van der Waals surface area contributed by atoms with Crippen LogP contribution in [-0.4, -0.2) is 6.18 Å². The molecule has 76 valence electrons. The second-order valence-electron chi connectivity index (χ2n) is 2.96. The molecule has 0 aliphatic rings. The Morgan fingerprint density at radius 2 is 1.62 bits per heavy atom. The molecule has 0 saturated heterocycles. The lowest BCUT2D eigenvalue weighted by atomic mass is 10.1. The summed E-state index contributed by atoms with van der Waals surface area (Å²) in [5.74, 6) is 3.39. The van der Waals surface area contributed by atoms with Crippen molar-refractivity contribution in [1.82, 2.24) is 0 Å². The summed E-state index contributed by atoms with van der Waals surface area (Å²) in [5, 5.41) is 0. The molecular weight excluding hydrogens is 177 g/mol. The van der Waals surface area contributed by atoms with E-state index in [9.17, 15) is 13.2 Å². The molecule has 0 aromatic heterocycles. The molecule has 3 heteroatoms. The zero-order chi connectivity index (χ0) is 10.2. The van der Waals surface area contributed by atoms with Crippen LogP contribution in [0.15, 0.2) is 0 Å². The average molecular weight is 192 g/mol. The molecule has 0 rings (SSSR count). The van der Waals surface area contributed by atoms with E-state index < -0.39 is 6.18 Å². The summed E-state index contributed by atoms with van der Waals surface area (Å²) in [7, 11) is 0. The highest BCUT2D eigenvalue weighted by molar-refractivity contribution is 5.04. The summed E-state index contributed by atoms with van der Waals surface area (Å²) in [4.78, 5) is 0. The summed E-state index contributed by atoms with van der Waals surface area (Å²) in [6.07, 6.45) is 1.22. The van der Waals surface area contributed by atoms with Gasteiger partial charge in [-0.1, -0.05) is 38.5 Å². The summed E-state index contributed by atoms with van der Waals surface area (Å²) < 4.78 is 34.5. The van der Waals surface area contributed by atoms with Gasteiger partial charge in [-0.25, -0.2) is 0 Å². The van der Waals surface area contributed by atoms with Gasteiger partial charge in [-0.2, -0.15) is 13.2 Å². The van der Waals surface area contributed by atoms with Crippen LogP contribution in [0.25, 0.3) is 0 Å². The monoisotopic (exact) mass is 192 g/mol. The smallest absolute Gasteiger partial charge is 0.159 e. The standard InChI is InChI=1S/C10H15F3/c1-2-3-4-5-6-7-8-9-10(11,12)13/h2-7H2,1H3. The molecule has 0 spiro atoms. The lowest BCUT2D eigenvalue weighted by Gasteiger charge is -1.95. The van der Waals surface area contributed by atoms with Crippen LogP contribution in [0, 0.1) is 11.8 Å². The molecule has 0 aliphatic carbocycles. The van der Waals surface area contributed by atoms with Gasteiger partial charge in [0.2, 0.25) is 0 Å². The van der Waals surface area contributed by atoms with E-state index in [2.05, 4.69) is 12.8 Å². The maximum absolute atomic E-state index is 11.5. The molecule has 0 N–H and O–H groups in total. The molecular formula is C10H15F3. The highest BCUT2D eigenvalue weighted by Crippen LogP contribution is 2.12. The van der Waals surface area contributed by atoms with Crippen LogP contribution in [0.3, 0.4) is 0 Å². The number of halogens is 3. The maximum Gasteiger partial charge on any atom is 0.457 e. The molecule has 0 aromatic rings. The minimum atomic E-state index is -4.32. The van der Waals surface area contributed by atoms with Gasteiger partial charge in [0, 0.05) is 12.3 Å². The topological polar surface area (TPSA) is 0 Å². The summed E-state index contributed by atoms with van der Waals surface area (Å²) in [6.45, 7) is 2.10. The largest absolute Gasteiger partial charge is 0.457 e. The normalized spacial score (nSPS) is 10.8. The molecule has 0 saturated carbocycles. The summed E-state index contributed by atoms with van der Waals surface area (Å²) in [5.41, 5.74) is 0. The second-order valence-corrected chi connectivity index (χ2v) is 2.96. The van der Waals surface area contributed by atoms with Gasteiger partial charge >= 0.3 is 6.18 Å². The quantitative estimate of drug-likeness (QED) is 0.457. The van der Waals surface area contributed by atoms with E-state index in [1.54, 1.807) is 0 Å². The molecule has 0 aliphatic heterocycles. The van der Waals surface area contributed by atoms with Crippen molar-refractivity contribution in [2.75, 3.05) is 0 Å². The van der Waals surface area contributed by atoms with E-state index in [4.69, 9.17) is 0 Å². The Labute approximate surface area is 77.5 Å². The first kappa shape index (κ1) is 12.3. The second kappa shape index (κ2) is 6.82. The lowest BCUT2D eigenvalue weighted by molar-refractivity contribution is -0.0697. The fourth-order valence-electron chi connectivity index (χ4n) is 0.980. The van der Waals surface area contributed by atoms with Crippen LogP contribution in [-0.2, 0) is 0 Å². The Hall–Kier alpha value is -0.650. The van der Waals surface area contributed by atoms with Crippen LogP contribution in [0.1, 0.15) is 45.4 Å². The van der Waals surface area contributed by atoms with Crippen LogP contribution < -0.4 is 0 Å². The molecule has 0 atom stereocenters. The van der Waals surface area contributed by atoms with Crippen LogP contribution in [0.5, 0.6) is 0 Å². The first-order valence-electron chi connectivity index (χ1n) is 4.63. The highest BCUT2D eigenvalue weighted by atomic mass is 19.4. The van der Waals surface area contributed by atoms with Crippen molar-refractivity contribution in [3.63, 3.8) is 0 Å². The third-order valence-corrected chi connectivity index (χ3v) is 1.64. The Morgan fingerprint density at radius 1 is 1.00 bits per heavy atom. The van der Waals surface area contributed by atoms with E-state index in [0.717, 1.165) is 32.1 Å². The van der Waals surface area contributed by atoms with Crippen LogP contribution in [0.4, 0.5) is 13.2 Å². The van der Waals surface area contributed by atoms with Gasteiger partial charge in [-0.15, -0.1) is 0 Å². The number of alkyl halides is 3. The van der Waals surface area contributed by atoms with Crippen molar-refractivity contribution in [3.05, 3.63) is 0 Å². The minimum Gasteiger partial charge on any atom is -0.159 e. The Balaban J connectivity index is 3.28. The zero-order valence-corrected chi connectivity index (χ0v) is 7.88. The molecule has 0 fully saturated rings. The maximum atomic E-state index is 11.5. The van der Waals surface area contributed by atoms with Crippen molar-refractivity contribution in [3.8, 4) is 11.8 Å². The van der Waals surface area contributed by atoms with E-state index >= 15 is 0 Å². The lowest BCUT2D eigenvalue weighted by Crippen LogP contribution is -2.01. The predicted octanol–water partition coefficient (Wildman–Crippen LogP) is 3.91. The minimum absolute atomic E-state index is 0.364. The van der Waals surface area contributed by atoms with Crippen molar-refractivity contribution in [2.45, 2.75) is 51.6 Å². The molecule has 0 heterocycles. The predicted molar refractivity (Wildman–Crippen MR) is 47.2 cm³/mol. The molecule has 0 aromatic carbocycles. The average Bonchev–Trinajstić information content (AvgIpc) is 2.01. The van der Waals surface area contributed by atoms with E-state index in [0.29, 0.717) is 6.42 Å². The molecule has 0 nitrogen and oxygen atoms in total. The molecule has 0 unspecified atom stereocenters. The summed E-state index contributed by atoms with van der Waals surface area (Å²) in [6, 6.07) is 0. The van der Waals surface area contributed by atoms with Crippen molar-refractivity contribution < 1.29 is 13.2 Å². The van der Waals surface area contributed by atoms with E-state index in [-0.39, 0.29) is 0 Å². The van der Waals surface area contributed by atoms with Gasteiger partial charge in [0.1, 0.15) is 0 Å². The van der Waals surface area contributed by atoms with Gasteiger partial charge in [-0.3, -0.25) is 0 Å². The third-order valence-electron chi connectivity index (χ3n) is 1.64. The van der Waals surface area contributed by atoms with Gasteiger partial charge in [-0.05, 0) is 6.42 Å². The van der Waals surface area contributed by atoms with Gasteiger partial charge < -0.3 is 0 Å². The first-order chi connectivity index (χ1) is 6.06. The number of rotatable bonds is 5. The van der Waals surface area contributed by atoms with Crippen LogP contribution >= 0.6 is 0 Å². The Kier molecular flexibility index (Phi) is 6.48. The first-order valence-corrected chi connectivity index (χ1v) is 4.63. The van der Waals surface area contributed by atoms with Gasteiger partial charge in [0.05, 0.1) is 0 Å². The van der Waals surface area contributed by atoms with Crippen molar-refractivity contribution >= 4 is 0 Å². The third kappa shape index (κ3) is 11.3. The fraction of sp³-hybridized carbons (Fsp3) is 0.800. The Bertz CT molecular complexity index is 171. The molecule has 0 radical (unpaired) electrons. The van der Waals surface area contributed by atoms with Gasteiger partial charge in [0.25, 0.3) is 0 Å².